The van der Waals surface area contributed by atoms with E-state index in [1.54, 1.807) is 6.92 Å². The van der Waals surface area contributed by atoms with Gasteiger partial charge in [0.1, 0.15) is 4.87 Å². The molecule has 0 amide bonds. The van der Waals surface area contributed by atoms with Crippen molar-refractivity contribution in [1.29, 1.82) is 0 Å². The number of rotatable bonds is 1. The molecule has 2 aliphatic rings. The Kier molecular flexibility index (Phi) is 1.63. The fraction of sp³-hybridized carbons (Fsp3) is 0.700. The van der Waals surface area contributed by atoms with Crippen LogP contribution in [0.15, 0.2) is 11.6 Å². The van der Waals surface area contributed by atoms with Crippen molar-refractivity contribution < 1.29 is 4.79 Å². The SMILES string of the molecule is CC(=O)[C@]1(Cl)C[C@@H]2C[C@H]1C=C2C. The van der Waals surface area contributed by atoms with Crippen LogP contribution in [0, 0.1) is 11.8 Å². The second-order valence-electron chi connectivity index (χ2n) is 4.07. The van der Waals surface area contributed by atoms with Gasteiger partial charge in [-0.25, -0.2) is 0 Å². The van der Waals surface area contributed by atoms with Crippen LogP contribution in [0.3, 0.4) is 0 Å². The first-order chi connectivity index (χ1) is 5.54. The maximum Gasteiger partial charge on any atom is 0.151 e. The number of allylic oxidation sites excluding steroid dienone is 2. The molecule has 0 N–H and O–H groups in total. The van der Waals surface area contributed by atoms with Crippen LogP contribution in [-0.2, 0) is 4.79 Å². The van der Waals surface area contributed by atoms with Crippen LogP contribution in [0.4, 0.5) is 0 Å². The van der Waals surface area contributed by atoms with E-state index in [0.29, 0.717) is 11.8 Å². The predicted molar refractivity (Wildman–Crippen MR) is 49.2 cm³/mol. The lowest BCUT2D eigenvalue weighted by Gasteiger charge is -2.26. The van der Waals surface area contributed by atoms with E-state index in [1.807, 2.05) is 0 Å². The van der Waals surface area contributed by atoms with Gasteiger partial charge in [0, 0.05) is 5.92 Å². The van der Waals surface area contributed by atoms with Crippen LogP contribution < -0.4 is 0 Å². The third-order valence-corrected chi connectivity index (χ3v) is 4.06. The van der Waals surface area contributed by atoms with Gasteiger partial charge >= 0.3 is 0 Å². The van der Waals surface area contributed by atoms with Gasteiger partial charge in [-0.2, -0.15) is 0 Å². The van der Waals surface area contributed by atoms with Crippen molar-refractivity contribution in [3.63, 3.8) is 0 Å². The van der Waals surface area contributed by atoms with Crippen molar-refractivity contribution in [3.05, 3.63) is 11.6 Å². The van der Waals surface area contributed by atoms with Gasteiger partial charge in [-0.15, -0.1) is 11.6 Å². The maximum atomic E-state index is 11.3. The fourth-order valence-electron chi connectivity index (χ4n) is 2.49. The lowest BCUT2D eigenvalue weighted by Crippen LogP contribution is -2.35. The highest BCUT2D eigenvalue weighted by molar-refractivity contribution is 6.35. The van der Waals surface area contributed by atoms with Gasteiger partial charge in [-0.3, -0.25) is 4.79 Å². The first kappa shape index (κ1) is 8.31. The van der Waals surface area contributed by atoms with Gasteiger partial charge in [-0.1, -0.05) is 11.6 Å². The van der Waals surface area contributed by atoms with Crippen molar-refractivity contribution in [1.82, 2.24) is 0 Å². The van der Waals surface area contributed by atoms with Gasteiger partial charge in [0.15, 0.2) is 5.78 Å². The van der Waals surface area contributed by atoms with Crippen LogP contribution in [0.25, 0.3) is 0 Å². The standard InChI is InChI=1S/C10H13ClO/c1-6-3-9-4-8(6)5-10(9,11)7(2)12/h3,8-9H,4-5H2,1-2H3/t8-,9+,10+/m0/s1. The number of hydrogen-bond acceptors (Lipinski definition) is 1. The van der Waals surface area contributed by atoms with E-state index in [4.69, 9.17) is 11.6 Å². The van der Waals surface area contributed by atoms with Gasteiger partial charge in [0.2, 0.25) is 0 Å². The summed E-state index contributed by atoms with van der Waals surface area (Å²) in [5.41, 5.74) is 1.43. The highest BCUT2D eigenvalue weighted by atomic mass is 35.5. The van der Waals surface area contributed by atoms with Gasteiger partial charge in [0.05, 0.1) is 0 Å². The molecule has 66 valence electrons. The van der Waals surface area contributed by atoms with E-state index in [-0.39, 0.29) is 5.78 Å². The quantitative estimate of drug-likeness (QED) is 0.452. The topological polar surface area (TPSA) is 17.1 Å². The lowest BCUT2D eigenvalue weighted by atomic mass is 9.87. The zero-order valence-corrected chi connectivity index (χ0v) is 8.19. The molecule has 0 unspecified atom stereocenters. The molecule has 0 heterocycles. The Labute approximate surface area is 77.8 Å². The molecule has 0 saturated heterocycles. The summed E-state index contributed by atoms with van der Waals surface area (Å²) in [4.78, 5) is 10.8. The minimum absolute atomic E-state index is 0.139. The summed E-state index contributed by atoms with van der Waals surface area (Å²) in [6.45, 7) is 3.75. The van der Waals surface area contributed by atoms with E-state index < -0.39 is 4.87 Å². The van der Waals surface area contributed by atoms with Crippen LogP contribution in [-0.4, -0.2) is 10.7 Å². The average Bonchev–Trinajstić information content (AvgIpc) is 2.45. The number of Topliss-reactive ketones (excluding diaryl/α,β-unsaturated/α-hetero) is 1. The number of fused-ring (bicyclic) bond motifs is 2. The van der Waals surface area contributed by atoms with Crippen LogP contribution >= 0.6 is 11.6 Å². The number of alkyl halides is 1. The van der Waals surface area contributed by atoms with E-state index in [1.165, 1.54) is 5.57 Å². The molecule has 1 saturated carbocycles. The van der Waals surface area contributed by atoms with Crippen LogP contribution in [0.5, 0.6) is 0 Å². The van der Waals surface area contributed by atoms with Crippen LogP contribution in [0.1, 0.15) is 26.7 Å². The molecule has 2 heteroatoms. The number of carbonyl (C=O) groups excluding carboxylic acids is 1. The van der Waals surface area contributed by atoms with Gasteiger partial charge in [0.25, 0.3) is 0 Å². The minimum Gasteiger partial charge on any atom is -0.298 e. The smallest absolute Gasteiger partial charge is 0.151 e. The Hall–Kier alpha value is -0.300. The third-order valence-electron chi connectivity index (χ3n) is 3.36. The Morgan fingerprint density at radius 3 is 2.75 bits per heavy atom. The molecule has 1 nitrogen and oxygen atoms in total. The molecular formula is C10H13ClO. The largest absolute Gasteiger partial charge is 0.298 e. The molecule has 0 aliphatic heterocycles. The average molecular weight is 185 g/mol. The molecule has 0 aromatic heterocycles. The number of carbonyl (C=O) groups is 1. The fourth-order valence-corrected chi connectivity index (χ4v) is 2.83. The first-order valence-electron chi connectivity index (χ1n) is 4.42. The summed E-state index contributed by atoms with van der Waals surface area (Å²) in [6, 6.07) is 0. The highest BCUT2D eigenvalue weighted by Gasteiger charge is 2.51. The lowest BCUT2D eigenvalue weighted by molar-refractivity contribution is -0.120. The first-order valence-corrected chi connectivity index (χ1v) is 4.80. The van der Waals surface area contributed by atoms with Gasteiger partial charge < -0.3 is 0 Å². The predicted octanol–water partition coefficient (Wildman–Crippen LogP) is 2.54. The van der Waals surface area contributed by atoms with E-state index in [2.05, 4.69) is 13.0 Å². The summed E-state index contributed by atoms with van der Waals surface area (Å²) in [7, 11) is 0. The number of halogens is 1. The summed E-state index contributed by atoms with van der Waals surface area (Å²) in [6.07, 6.45) is 4.13. The normalized spacial score (nSPS) is 44.8. The van der Waals surface area contributed by atoms with E-state index in [9.17, 15) is 4.79 Å². The maximum absolute atomic E-state index is 11.3. The monoisotopic (exact) mass is 184 g/mol. The van der Waals surface area contributed by atoms with Crippen molar-refractivity contribution >= 4 is 17.4 Å². The molecule has 0 aromatic carbocycles. The Bertz CT molecular complexity index is 269. The van der Waals surface area contributed by atoms with E-state index in [0.717, 1.165) is 12.8 Å². The minimum atomic E-state index is -0.551. The molecule has 2 rings (SSSR count). The Morgan fingerprint density at radius 1 is 1.75 bits per heavy atom. The van der Waals surface area contributed by atoms with Crippen molar-refractivity contribution in [2.45, 2.75) is 31.6 Å². The molecular weight excluding hydrogens is 172 g/mol. The summed E-state index contributed by atoms with van der Waals surface area (Å²) in [5, 5.41) is 0. The highest BCUT2D eigenvalue weighted by Crippen LogP contribution is 2.53. The molecule has 3 atom stereocenters. The summed E-state index contributed by atoms with van der Waals surface area (Å²) >= 11 is 6.27. The molecule has 0 radical (unpaired) electrons. The Balaban J connectivity index is 2.32. The second kappa shape index (κ2) is 2.35. The Morgan fingerprint density at radius 2 is 2.42 bits per heavy atom. The van der Waals surface area contributed by atoms with Crippen LogP contribution in [0.2, 0.25) is 0 Å². The number of hydrogen-bond donors (Lipinski definition) is 0. The van der Waals surface area contributed by atoms with Crippen molar-refractivity contribution in [2.24, 2.45) is 11.8 Å². The molecule has 1 fully saturated rings. The third kappa shape index (κ3) is 0.891. The molecule has 0 spiro atoms. The van der Waals surface area contributed by atoms with Gasteiger partial charge in [-0.05, 0) is 32.6 Å². The molecule has 12 heavy (non-hydrogen) atoms. The van der Waals surface area contributed by atoms with Crippen molar-refractivity contribution in [3.8, 4) is 0 Å². The second-order valence-corrected chi connectivity index (χ2v) is 4.75. The van der Waals surface area contributed by atoms with Crippen molar-refractivity contribution in [2.75, 3.05) is 0 Å². The molecule has 2 bridgehead atoms. The summed E-state index contributed by atoms with van der Waals surface area (Å²) < 4.78 is 0. The number of ketones is 1. The summed E-state index contributed by atoms with van der Waals surface area (Å²) in [5.74, 6) is 1.03. The zero-order valence-electron chi connectivity index (χ0n) is 7.43. The zero-order chi connectivity index (χ0) is 8.93. The van der Waals surface area contributed by atoms with E-state index >= 15 is 0 Å². The molecule has 2 aliphatic carbocycles. The molecule has 0 aromatic rings.